The van der Waals surface area contributed by atoms with Crippen LogP contribution in [0.25, 0.3) is 0 Å². The van der Waals surface area contributed by atoms with E-state index in [0.717, 1.165) is 30.9 Å². The number of hydrogen-bond donors (Lipinski definition) is 1. The average molecular weight is 237 g/mol. The first-order chi connectivity index (χ1) is 7.84. The number of amidine groups is 1. The second-order valence-corrected chi connectivity index (χ2v) is 5.24. The average Bonchev–Trinajstić information content (AvgIpc) is 2.54. The zero-order valence-corrected chi connectivity index (χ0v) is 10.6. The molecule has 0 saturated carbocycles. The number of aliphatic imine (C=N–C) groups is 1. The number of nitrogens with one attached hydrogen (secondary N) is 1. The van der Waals surface area contributed by atoms with Crippen LogP contribution >= 0.6 is 11.3 Å². The van der Waals surface area contributed by atoms with Crippen molar-refractivity contribution in [2.45, 2.75) is 39.0 Å². The number of hydrogen-bond acceptors (Lipinski definition) is 4. The lowest BCUT2D eigenvalue weighted by molar-refractivity contribution is 0.727. The minimum atomic E-state index is 0.960. The summed E-state index contributed by atoms with van der Waals surface area (Å²) in [5.74, 6) is 1.20. The van der Waals surface area contributed by atoms with Crippen LogP contribution in [0.2, 0.25) is 0 Å². The van der Waals surface area contributed by atoms with Crippen molar-refractivity contribution < 1.29 is 0 Å². The Balaban J connectivity index is 1.73. The Morgan fingerprint density at radius 1 is 1.38 bits per heavy atom. The van der Waals surface area contributed by atoms with Gasteiger partial charge in [0.2, 0.25) is 0 Å². The molecule has 0 unspecified atom stereocenters. The van der Waals surface area contributed by atoms with Crippen LogP contribution in [0, 0.1) is 6.92 Å². The minimum absolute atomic E-state index is 0.960. The molecule has 0 radical (unpaired) electrons. The molecule has 3 nitrogen and oxygen atoms in total. The number of aromatic nitrogens is 1. The van der Waals surface area contributed by atoms with Gasteiger partial charge in [-0.1, -0.05) is 6.42 Å². The molecule has 2 rings (SSSR count). The summed E-state index contributed by atoms with van der Waals surface area (Å²) in [5, 5.41) is 6.73. The lowest BCUT2D eigenvalue weighted by Crippen LogP contribution is -2.25. The highest BCUT2D eigenvalue weighted by Crippen LogP contribution is 2.08. The lowest BCUT2D eigenvalue weighted by atomic mass is 10.2. The third-order valence-corrected chi connectivity index (χ3v) is 3.57. The maximum atomic E-state index is 4.55. The van der Waals surface area contributed by atoms with E-state index < -0.39 is 0 Å². The number of thiazole rings is 1. The Morgan fingerprint density at radius 2 is 2.31 bits per heavy atom. The highest BCUT2D eigenvalue weighted by molar-refractivity contribution is 7.09. The fourth-order valence-corrected chi connectivity index (χ4v) is 2.52. The fourth-order valence-electron chi connectivity index (χ4n) is 1.88. The van der Waals surface area contributed by atoms with Gasteiger partial charge in [0.1, 0.15) is 0 Å². The molecule has 0 saturated heterocycles. The molecule has 16 heavy (non-hydrogen) atoms. The second-order valence-electron chi connectivity index (χ2n) is 4.17. The van der Waals surface area contributed by atoms with Gasteiger partial charge in [-0.25, -0.2) is 4.98 Å². The van der Waals surface area contributed by atoms with E-state index in [1.807, 2.05) is 0 Å². The second kappa shape index (κ2) is 5.99. The molecule has 0 spiro atoms. The van der Waals surface area contributed by atoms with Crippen LogP contribution in [0.4, 0.5) is 0 Å². The predicted molar refractivity (Wildman–Crippen MR) is 69.3 cm³/mol. The summed E-state index contributed by atoms with van der Waals surface area (Å²) >= 11 is 1.72. The van der Waals surface area contributed by atoms with Gasteiger partial charge in [0, 0.05) is 31.3 Å². The first-order valence-corrected chi connectivity index (χ1v) is 6.91. The summed E-state index contributed by atoms with van der Waals surface area (Å²) in [5.41, 5.74) is 1.20. The summed E-state index contributed by atoms with van der Waals surface area (Å²) in [6, 6.07) is 0. The molecule has 0 bridgehead atoms. The molecule has 1 aliphatic heterocycles. The first-order valence-electron chi connectivity index (χ1n) is 6.03. The van der Waals surface area contributed by atoms with Gasteiger partial charge in [-0.2, -0.15) is 0 Å². The summed E-state index contributed by atoms with van der Waals surface area (Å²) in [6.07, 6.45) is 5.97. The summed E-state index contributed by atoms with van der Waals surface area (Å²) in [4.78, 5) is 9.00. The maximum Gasteiger partial charge on any atom is 0.0963 e. The van der Waals surface area contributed by atoms with E-state index in [9.17, 15) is 0 Å². The van der Waals surface area contributed by atoms with Gasteiger partial charge >= 0.3 is 0 Å². The quantitative estimate of drug-likeness (QED) is 0.877. The molecule has 2 heterocycles. The van der Waals surface area contributed by atoms with Gasteiger partial charge in [-0.15, -0.1) is 11.3 Å². The summed E-state index contributed by atoms with van der Waals surface area (Å²) in [7, 11) is 0. The summed E-state index contributed by atoms with van der Waals surface area (Å²) < 4.78 is 0. The monoisotopic (exact) mass is 237 g/mol. The maximum absolute atomic E-state index is 4.55. The van der Waals surface area contributed by atoms with Gasteiger partial charge in [0.05, 0.1) is 16.5 Å². The Bertz CT molecular complexity index is 357. The van der Waals surface area contributed by atoms with Crippen LogP contribution in [0.3, 0.4) is 0 Å². The SMILES string of the molecule is Cc1nc(CCNC2=NCCCCC2)cs1. The molecule has 4 heteroatoms. The van der Waals surface area contributed by atoms with Gasteiger partial charge in [-0.3, -0.25) is 4.99 Å². The van der Waals surface area contributed by atoms with E-state index in [1.165, 1.54) is 30.8 Å². The predicted octanol–water partition coefficient (Wildman–Crippen LogP) is 2.56. The minimum Gasteiger partial charge on any atom is -0.373 e. The Hall–Kier alpha value is -0.900. The number of aryl methyl sites for hydroxylation is 1. The van der Waals surface area contributed by atoms with E-state index in [0.29, 0.717) is 0 Å². The molecule has 1 aromatic rings. The lowest BCUT2D eigenvalue weighted by Gasteiger charge is -2.06. The molecule has 0 atom stereocenters. The third-order valence-electron chi connectivity index (χ3n) is 2.75. The fraction of sp³-hybridized carbons (Fsp3) is 0.667. The molecule has 0 fully saturated rings. The van der Waals surface area contributed by atoms with Crippen molar-refractivity contribution in [3.63, 3.8) is 0 Å². The molecule has 1 aromatic heterocycles. The van der Waals surface area contributed by atoms with Crippen molar-refractivity contribution in [2.75, 3.05) is 13.1 Å². The van der Waals surface area contributed by atoms with E-state index >= 15 is 0 Å². The van der Waals surface area contributed by atoms with Crippen LogP contribution in [0.5, 0.6) is 0 Å². The standard InChI is InChI=1S/C12H19N3S/c1-10-15-11(9-16-10)6-8-14-12-5-3-2-4-7-13-12/h9H,2-8H2,1H3,(H,13,14). The van der Waals surface area contributed by atoms with E-state index in [2.05, 4.69) is 27.6 Å². The Kier molecular flexibility index (Phi) is 4.34. The van der Waals surface area contributed by atoms with Gasteiger partial charge in [0.25, 0.3) is 0 Å². The van der Waals surface area contributed by atoms with Crippen molar-refractivity contribution in [2.24, 2.45) is 4.99 Å². The number of rotatable bonds is 3. The summed E-state index contributed by atoms with van der Waals surface area (Å²) in [6.45, 7) is 4.01. The van der Waals surface area contributed by atoms with Crippen molar-refractivity contribution in [1.29, 1.82) is 0 Å². The topological polar surface area (TPSA) is 37.3 Å². The largest absolute Gasteiger partial charge is 0.373 e. The molecular formula is C12H19N3S. The van der Waals surface area contributed by atoms with Crippen LogP contribution in [0.15, 0.2) is 10.4 Å². The smallest absolute Gasteiger partial charge is 0.0963 e. The van der Waals surface area contributed by atoms with Crippen molar-refractivity contribution >= 4 is 17.2 Å². The van der Waals surface area contributed by atoms with Crippen LogP contribution in [-0.4, -0.2) is 23.9 Å². The van der Waals surface area contributed by atoms with Crippen LogP contribution in [0.1, 0.15) is 36.4 Å². The van der Waals surface area contributed by atoms with Crippen molar-refractivity contribution in [3.05, 3.63) is 16.1 Å². The molecule has 0 aromatic carbocycles. The van der Waals surface area contributed by atoms with Crippen molar-refractivity contribution in [1.82, 2.24) is 10.3 Å². The van der Waals surface area contributed by atoms with E-state index in [-0.39, 0.29) is 0 Å². The zero-order chi connectivity index (χ0) is 11.2. The molecule has 0 amide bonds. The molecule has 88 valence electrons. The Morgan fingerprint density at radius 3 is 3.12 bits per heavy atom. The first kappa shape index (κ1) is 11.6. The van der Waals surface area contributed by atoms with Gasteiger partial charge in [-0.05, 0) is 19.8 Å². The molecule has 1 aliphatic rings. The highest BCUT2D eigenvalue weighted by atomic mass is 32.1. The van der Waals surface area contributed by atoms with Gasteiger partial charge < -0.3 is 5.32 Å². The normalized spacial score (nSPS) is 16.7. The van der Waals surface area contributed by atoms with Crippen molar-refractivity contribution in [3.8, 4) is 0 Å². The third kappa shape index (κ3) is 3.59. The highest BCUT2D eigenvalue weighted by Gasteiger charge is 2.04. The molecular weight excluding hydrogens is 218 g/mol. The van der Waals surface area contributed by atoms with Crippen LogP contribution < -0.4 is 5.32 Å². The van der Waals surface area contributed by atoms with E-state index in [4.69, 9.17) is 0 Å². The van der Waals surface area contributed by atoms with E-state index in [1.54, 1.807) is 11.3 Å². The zero-order valence-electron chi connectivity index (χ0n) is 9.83. The van der Waals surface area contributed by atoms with Crippen LogP contribution in [-0.2, 0) is 6.42 Å². The molecule has 0 aliphatic carbocycles. The molecule has 1 N–H and O–H groups in total. The van der Waals surface area contributed by atoms with Gasteiger partial charge in [0.15, 0.2) is 0 Å². The Labute approximate surface area is 101 Å². The number of nitrogens with zero attached hydrogens (tertiary/aromatic N) is 2.